The first-order valence-electron chi connectivity index (χ1n) is 9.05. The van der Waals surface area contributed by atoms with Gasteiger partial charge in [0.1, 0.15) is 5.56 Å². The third-order valence-electron chi connectivity index (χ3n) is 5.01. The van der Waals surface area contributed by atoms with Crippen molar-refractivity contribution in [2.45, 2.75) is 52.8 Å². The van der Waals surface area contributed by atoms with Gasteiger partial charge >= 0.3 is 0 Å². The molecule has 1 aliphatic rings. The molecule has 140 valence electrons. The number of imidazole rings is 1. The van der Waals surface area contributed by atoms with Gasteiger partial charge in [0.15, 0.2) is 0 Å². The van der Waals surface area contributed by atoms with Crippen molar-refractivity contribution in [3.8, 4) is 0 Å². The maximum Gasteiger partial charge on any atom is 0.263 e. The first-order chi connectivity index (χ1) is 12.5. The molecule has 1 fully saturated rings. The first-order valence-corrected chi connectivity index (χ1v) is 9.05. The topological polar surface area (TPSA) is 78.1 Å². The zero-order valence-electron chi connectivity index (χ0n) is 15.6. The summed E-state index contributed by atoms with van der Waals surface area (Å²) in [5, 5.41) is 2.85. The Hall–Kier alpha value is -2.41. The Morgan fingerprint density at radius 2 is 2.15 bits per heavy atom. The Labute approximate surface area is 153 Å². The summed E-state index contributed by atoms with van der Waals surface area (Å²) in [5.41, 5.74) is 2.70. The molecule has 2 aromatic rings. The molecule has 1 saturated heterocycles. The third kappa shape index (κ3) is 3.88. The van der Waals surface area contributed by atoms with Crippen LogP contribution in [-0.4, -0.2) is 39.3 Å². The van der Waals surface area contributed by atoms with E-state index in [1.54, 1.807) is 24.0 Å². The molecule has 1 aliphatic heterocycles. The zero-order chi connectivity index (χ0) is 18.7. The van der Waals surface area contributed by atoms with Crippen molar-refractivity contribution >= 4 is 5.91 Å². The second kappa shape index (κ2) is 7.86. The maximum absolute atomic E-state index is 12.7. The standard InChI is InChI=1S/C19H26N4O3/c1-13-6-8-22(11-16-5-4-10-26-16)19(25)17(13)18(24)20-7-9-23-12-21-14(2)15(23)3/h6,8,12,16H,4-5,7,9-11H2,1-3H3,(H,20,24). The highest BCUT2D eigenvalue weighted by Gasteiger charge is 2.20. The van der Waals surface area contributed by atoms with Gasteiger partial charge in [0, 0.05) is 31.6 Å². The summed E-state index contributed by atoms with van der Waals surface area (Å²) >= 11 is 0. The van der Waals surface area contributed by atoms with E-state index in [1.807, 2.05) is 24.5 Å². The fraction of sp³-hybridized carbons (Fsp3) is 0.526. The van der Waals surface area contributed by atoms with Gasteiger partial charge < -0.3 is 19.2 Å². The van der Waals surface area contributed by atoms with Crippen LogP contribution in [0.15, 0.2) is 23.4 Å². The summed E-state index contributed by atoms with van der Waals surface area (Å²) < 4.78 is 9.17. The SMILES string of the molecule is Cc1ccn(CC2CCCO2)c(=O)c1C(=O)NCCn1cnc(C)c1C. The van der Waals surface area contributed by atoms with Gasteiger partial charge in [-0.25, -0.2) is 4.98 Å². The number of nitrogens with one attached hydrogen (secondary N) is 1. The van der Waals surface area contributed by atoms with E-state index in [0.717, 1.165) is 30.8 Å². The number of ether oxygens (including phenoxy) is 1. The second-order valence-electron chi connectivity index (χ2n) is 6.83. The molecule has 0 bridgehead atoms. The van der Waals surface area contributed by atoms with Gasteiger partial charge in [-0.1, -0.05) is 0 Å². The molecule has 7 nitrogen and oxygen atoms in total. The van der Waals surface area contributed by atoms with Crippen LogP contribution in [0.3, 0.4) is 0 Å². The number of carbonyl (C=O) groups excluding carboxylic acids is 1. The molecule has 0 saturated carbocycles. The molecule has 2 aromatic heterocycles. The van der Waals surface area contributed by atoms with Gasteiger partial charge in [-0.05, 0) is 45.2 Å². The van der Waals surface area contributed by atoms with Crippen LogP contribution in [0.2, 0.25) is 0 Å². The van der Waals surface area contributed by atoms with E-state index in [1.165, 1.54) is 0 Å². The molecule has 26 heavy (non-hydrogen) atoms. The molecule has 7 heteroatoms. The molecular formula is C19H26N4O3. The summed E-state index contributed by atoms with van der Waals surface area (Å²) in [6, 6.07) is 1.81. The minimum Gasteiger partial charge on any atom is -0.376 e. The molecule has 1 N–H and O–H groups in total. The van der Waals surface area contributed by atoms with Crippen molar-refractivity contribution in [2.75, 3.05) is 13.2 Å². The van der Waals surface area contributed by atoms with Gasteiger partial charge in [-0.3, -0.25) is 9.59 Å². The van der Waals surface area contributed by atoms with Crippen LogP contribution in [0.5, 0.6) is 0 Å². The lowest BCUT2D eigenvalue weighted by Gasteiger charge is -2.14. The molecule has 1 unspecified atom stereocenters. The van der Waals surface area contributed by atoms with Crippen molar-refractivity contribution in [3.63, 3.8) is 0 Å². The van der Waals surface area contributed by atoms with Crippen molar-refractivity contribution in [1.29, 1.82) is 0 Å². The number of carbonyl (C=O) groups is 1. The predicted octanol–water partition coefficient (Wildman–Crippen LogP) is 1.58. The summed E-state index contributed by atoms with van der Waals surface area (Å²) in [6.07, 6.45) is 5.53. The maximum atomic E-state index is 12.7. The lowest BCUT2D eigenvalue weighted by molar-refractivity contribution is 0.0929. The van der Waals surface area contributed by atoms with Crippen LogP contribution in [0.25, 0.3) is 0 Å². The highest BCUT2D eigenvalue weighted by atomic mass is 16.5. The number of hydrogen-bond donors (Lipinski definition) is 1. The summed E-state index contributed by atoms with van der Waals surface area (Å²) in [4.78, 5) is 29.6. The normalized spacial score (nSPS) is 16.8. The minimum atomic E-state index is -0.330. The van der Waals surface area contributed by atoms with E-state index < -0.39 is 0 Å². The van der Waals surface area contributed by atoms with Crippen molar-refractivity contribution in [1.82, 2.24) is 19.4 Å². The summed E-state index contributed by atoms with van der Waals surface area (Å²) in [6.45, 7) is 8.03. The smallest absolute Gasteiger partial charge is 0.263 e. The van der Waals surface area contributed by atoms with Gasteiger partial charge in [0.05, 0.1) is 24.7 Å². The highest BCUT2D eigenvalue weighted by molar-refractivity contribution is 5.95. The average molecular weight is 358 g/mol. The van der Waals surface area contributed by atoms with Crippen LogP contribution in [0, 0.1) is 20.8 Å². The number of aromatic nitrogens is 3. The average Bonchev–Trinajstić information content (AvgIpc) is 3.23. The van der Waals surface area contributed by atoms with E-state index in [0.29, 0.717) is 25.2 Å². The van der Waals surface area contributed by atoms with E-state index in [2.05, 4.69) is 10.3 Å². The number of rotatable bonds is 6. The molecule has 0 aliphatic carbocycles. The summed E-state index contributed by atoms with van der Waals surface area (Å²) in [7, 11) is 0. The van der Waals surface area contributed by atoms with Gasteiger partial charge in [-0.15, -0.1) is 0 Å². The van der Waals surface area contributed by atoms with Crippen LogP contribution in [0.4, 0.5) is 0 Å². The Morgan fingerprint density at radius 3 is 2.81 bits per heavy atom. The Morgan fingerprint density at radius 1 is 1.35 bits per heavy atom. The van der Waals surface area contributed by atoms with Crippen LogP contribution < -0.4 is 10.9 Å². The molecule has 3 rings (SSSR count). The van der Waals surface area contributed by atoms with Gasteiger partial charge in [-0.2, -0.15) is 0 Å². The largest absolute Gasteiger partial charge is 0.376 e. The molecule has 0 aromatic carbocycles. The third-order valence-corrected chi connectivity index (χ3v) is 5.01. The molecular weight excluding hydrogens is 332 g/mol. The van der Waals surface area contributed by atoms with Crippen LogP contribution >= 0.6 is 0 Å². The Kier molecular flexibility index (Phi) is 5.56. The second-order valence-corrected chi connectivity index (χ2v) is 6.83. The zero-order valence-corrected chi connectivity index (χ0v) is 15.6. The first kappa shape index (κ1) is 18.4. The number of hydrogen-bond acceptors (Lipinski definition) is 4. The van der Waals surface area contributed by atoms with Crippen LogP contribution in [0.1, 0.15) is 40.2 Å². The summed E-state index contributed by atoms with van der Waals surface area (Å²) in [5.74, 6) is -0.330. The van der Waals surface area contributed by atoms with Crippen molar-refractivity contribution < 1.29 is 9.53 Å². The molecule has 1 atom stereocenters. The molecule has 3 heterocycles. The number of pyridine rings is 1. The molecule has 1 amide bonds. The highest BCUT2D eigenvalue weighted by Crippen LogP contribution is 2.13. The van der Waals surface area contributed by atoms with Crippen LogP contribution in [-0.2, 0) is 17.8 Å². The minimum absolute atomic E-state index is 0.0544. The van der Waals surface area contributed by atoms with Gasteiger partial charge in [0.25, 0.3) is 11.5 Å². The number of nitrogens with zero attached hydrogens (tertiary/aromatic N) is 3. The Balaban J connectivity index is 1.67. The number of aryl methyl sites for hydroxylation is 2. The Bertz CT molecular complexity index is 847. The lowest BCUT2D eigenvalue weighted by atomic mass is 10.1. The van der Waals surface area contributed by atoms with E-state index >= 15 is 0 Å². The predicted molar refractivity (Wildman–Crippen MR) is 98.4 cm³/mol. The fourth-order valence-corrected chi connectivity index (χ4v) is 3.24. The van der Waals surface area contributed by atoms with E-state index in [9.17, 15) is 9.59 Å². The monoisotopic (exact) mass is 358 g/mol. The number of amides is 1. The fourth-order valence-electron chi connectivity index (χ4n) is 3.24. The van der Waals surface area contributed by atoms with E-state index in [4.69, 9.17) is 4.74 Å². The molecule has 0 radical (unpaired) electrons. The lowest BCUT2D eigenvalue weighted by Crippen LogP contribution is -2.36. The quantitative estimate of drug-likeness (QED) is 0.850. The van der Waals surface area contributed by atoms with Gasteiger partial charge in [0.2, 0.25) is 0 Å². The molecule has 0 spiro atoms. The van der Waals surface area contributed by atoms with Crippen molar-refractivity contribution in [3.05, 3.63) is 51.5 Å². The van der Waals surface area contributed by atoms with E-state index in [-0.39, 0.29) is 23.1 Å². The van der Waals surface area contributed by atoms with Crippen molar-refractivity contribution in [2.24, 2.45) is 0 Å².